The second-order valence-corrected chi connectivity index (χ2v) is 9.47. The molecular weight excluding hydrogens is 543 g/mol. The molecule has 3 heterocycles. The largest absolute Gasteiger partial charge is 0.406 e. The number of aliphatic hydroxyl groups is 1. The highest BCUT2D eigenvalue weighted by Gasteiger charge is 2.28. The van der Waals surface area contributed by atoms with Gasteiger partial charge >= 0.3 is 6.18 Å². The number of rotatable bonds is 7. The number of fused-ring (bicyclic) bond motifs is 1. The minimum absolute atomic E-state index is 0.0000802. The topological polar surface area (TPSA) is 122 Å². The Morgan fingerprint density at radius 3 is 2.61 bits per heavy atom. The second kappa shape index (κ2) is 11.6. The van der Waals surface area contributed by atoms with Crippen molar-refractivity contribution in [1.29, 1.82) is 0 Å². The minimum Gasteiger partial charge on any atom is -0.396 e. The molecular formula is C28H26F3N5O5. The van der Waals surface area contributed by atoms with E-state index in [1.54, 1.807) is 39.8 Å². The Kier molecular flexibility index (Phi) is 7.90. The van der Waals surface area contributed by atoms with Crippen molar-refractivity contribution in [1.82, 2.24) is 14.1 Å². The summed E-state index contributed by atoms with van der Waals surface area (Å²) in [7, 11) is 0. The highest BCUT2D eigenvalue weighted by atomic mass is 19.4. The van der Waals surface area contributed by atoms with Crippen LogP contribution in [0.3, 0.4) is 0 Å². The zero-order valence-electron chi connectivity index (χ0n) is 21.7. The third kappa shape index (κ3) is 6.31. The maximum Gasteiger partial charge on any atom is 0.406 e. The van der Waals surface area contributed by atoms with E-state index in [1.165, 1.54) is 12.1 Å². The molecule has 0 aliphatic carbocycles. The molecule has 41 heavy (non-hydrogen) atoms. The van der Waals surface area contributed by atoms with Crippen molar-refractivity contribution in [2.24, 2.45) is 4.99 Å². The van der Waals surface area contributed by atoms with Gasteiger partial charge in [-0.1, -0.05) is 12.1 Å². The van der Waals surface area contributed by atoms with Crippen LogP contribution in [0.15, 0.2) is 70.6 Å². The van der Waals surface area contributed by atoms with Crippen LogP contribution in [0.5, 0.6) is 0 Å². The van der Waals surface area contributed by atoms with Crippen molar-refractivity contribution in [2.75, 3.05) is 31.3 Å². The number of carbonyl (C=O) groups excluding carboxylic acids is 2. The Balaban J connectivity index is 1.48. The van der Waals surface area contributed by atoms with Crippen molar-refractivity contribution >= 4 is 28.5 Å². The number of amides is 2. The molecule has 2 amide bonds. The fourth-order valence-corrected chi connectivity index (χ4v) is 4.67. The number of pyridine rings is 1. The minimum atomic E-state index is -4.53. The van der Waals surface area contributed by atoms with Crippen LogP contribution >= 0.6 is 0 Å². The van der Waals surface area contributed by atoms with Gasteiger partial charge in [-0.05, 0) is 53.9 Å². The van der Waals surface area contributed by atoms with Crippen LogP contribution in [0.1, 0.15) is 16.8 Å². The molecule has 2 N–H and O–H groups in total. The van der Waals surface area contributed by atoms with Crippen LogP contribution in [-0.4, -0.2) is 63.6 Å². The number of nitrogens with zero attached hydrogens (tertiary/aromatic N) is 4. The SMILES string of the molecule is O=C(/N=c1\[nH]c2cc(N3CCOCC3=O)ccc2n1CCCO)c1cccc(-c2ccn(CC(F)(F)F)c(=O)c2)c1. The molecule has 0 unspecified atom stereocenters. The maximum absolute atomic E-state index is 13.2. The van der Waals surface area contributed by atoms with E-state index in [0.29, 0.717) is 53.0 Å². The number of aliphatic hydroxyl groups excluding tert-OH is 1. The van der Waals surface area contributed by atoms with E-state index in [9.17, 15) is 32.7 Å². The fraction of sp³-hybridized carbons (Fsp3) is 0.286. The van der Waals surface area contributed by atoms with Crippen LogP contribution < -0.4 is 16.1 Å². The number of anilines is 1. The number of alkyl halides is 3. The lowest BCUT2D eigenvalue weighted by Gasteiger charge is -2.26. The molecule has 5 rings (SSSR count). The first-order valence-corrected chi connectivity index (χ1v) is 12.8. The molecule has 0 radical (unpaired) electrons. The number of nitrogens with one attached hydrogen (secondary N) is 1. The number of carbonyl (C=O) groups is 2. The highest BCUT2D eigenvalue weighted by molar-refractivity contribution is 5.97. The third-order valence-corrected chi connectivity index (χ3v) is 6.61. The number of hydrogen-bond acceptors (Lipinski definition) is 5. The molecule has 0 bridgehead atoms. The van der Waals surface area contributed by atoms with Crippen molar-refractivity contribution < 1.29 is 32.6 Å². The van der Waals surface area contributed by atoms with Crippen molar-refractivity contribution in [3.05, 3.63) is 82.3 Å². The highest BCUT2D eigenvalue weighted by Crippen LogP contribution is 2.23. The number of aryl methyl sites for hydroxylation is 1. The summed E-state index contributed by atoms with van der Waals surface area (Å²) in [5.41, 5.74) is 2.48. The van der Waals surface area contributed by atoms with E-state index in [0.717, 1.165) is 17.8 Å². The van der Waals surface area contributed by atoms with Gasteiger partial charge in [0.15, 0.2) is 0 Å². The summed E-state index contributed by atoms with van der Waals surface area (Å²) in [6, 6.07) is 14.2. The van der Waals surface area contributed by atoms with Gasteiger partial charge in [-0.25, -0.2) is 0 Å². The molecule has 0 spiro atoms. The quantitative estimate of drug-likeness (QED) is 0.355. The second-order valence-electron chi connectivity index (χ2n) is 9.47. The Morgan fingerprint density at radius 2 is 1.88 bits per heavy atom. The average Bonchev–Trinajstić information content (AvgIpc) is 3.28. The Hall–Kier alpha value is -4.49. The molecule has 2 aromatic heterocycles. The standard InChI is InChI=1S/C28H26F3N5O5/c29-28(30,31)17-34-9-7-19(14-24(34)38)18-3-1-4-20(13-18)26(40)33-27-32-22-15-21(35-10-12-41-16-25(35)39)5-6-23(22)36(27)8-2-11-37/h1,3-7,9,13-15,37H,2,8,10-12,16-17H2,(H,32,33,40). The molecule has 13 heteroatoms. The summed E-state index contributed by atoms with van der Waals surface area (Å²) >= 11 is 0. The molecule has 10 nitrogen and oxygen atoms in total. The summed E-state index contributed by atoms with van der Waals surface area (Å²) in [6.45, 7) is -0.260. The van der Waals surface area contributed by atoms with Crippen molar-refractivity contribution in [3.8, 4) is 11.1 Å². The van der Waals surface area contributed by atoms with Gasteiger partial charge in [-0.15, -0.1) is 0 Å². The monoisotopic (exact) mass is 569 g/mol. The molecule has 214 valence electrons. The Morgan fingerprint density at radius 1 is 1.07 bits per heavy atom. The molecule has 0 saturated carbocycles. The van der Waals surface area contributed by atoms with Gasteiger partial charge < -0.3 is 28.9 Å². The van der Waals surface area contributed by atoms with Crippen LogP contribution in [-0.2, 0) is 22.6 Å². The van der Waals surface area contributed by atoms with Gasteiger partial charge in [0.1, 0.15) is 13.2 Å². The van der Waals surface area contributed by atoms with Crippen LogP contribution in [0.25, 0.3) is 22.2 Å². The molecule has 0 atom stereocenters. The first-order valence-electron chi connectivity index (χ1n) is 12.8. The van der Waals surface area contributed by atoms with E-state index in [4.69, 9.17) is 4.74 Å². The smallest absolute Gasteiger partial charge is 0.396 e. The number of benzene rings is 2. The average molecular weight is 570 g/mol. The Bertz CT molecular complexity index is 1740. The number of H-pyrrole nitrogens is 1. The summed E-state index contributed by atoms with van der Waals surface area (Å²) in [6.07, 6.45) is -3.05. The molecule has 4 aromatic rings. The molecule has 2 aromatic carbocycles. The number of halogens is 3. The first-order chi connectivity index (χ1) is 19.6. The van der Waals surface area contributed by atoms with Gasteiger partial charge in [-0.2, -0.15) is 18.2 Å². The Labute approximate surface area is 230 Å². The third-order valence-electron chi connectivity index (χ3n) is 6.61. The van der Waals surface area contributed by atoms with E-state index in [-0.39, 0.29) is 30.3 Å². The molecule has 1 aliphatic rings. The zero-order valence-corrected chi connectivity index (χ0v) is 21.7. The normalized spacial score (nSPS) is 14.7. The van der Waals surface area contributed by atoms with E-state index in [2.05, 4.69) is 9.98 Å². The van der Waals surface area contributed by atoms with Crippen molar-refractivity contribution in [2.45, 2.75) is 25.7 Å². The van der Waals surface area contributed by atoms with Crippen LogP contribution in [0, 0.1) is 0 Å². The summed E-state index contributed by atoms with van der Waals surface area (Å²) in [5.74, 6) is -0.752. The lowest BCUT2D eigenvalue weighted by atomic mass is 10.0. The number of ether oxygens (including phenoxy) is 1. The molecule has 1 saturated heterocycles. The lowest BCUT2D eigenvalue weighted by molar-refractivity contribution is -0.141. The van der Waals surface area contributed by atoms with E-state index in [1.807, 2.05) is 6.07 Å². The fourth-order valence-electron chi connectivity index (χ4n) is 4.67. The van der Waals surface area contributed by atoms with E-state index >= 15 is 0 Å². The first kappa shape index (κ1) is 28.1. The van der Waals surface area contributed by atoms with Gasteiger partial charge in [0, 0.05) is 43.2 Å². The zero-order chi connectivity index (χ0) is 29.1. The van der Waals surface area contributed by atoms with Gasteiger partial charge in [0.25, 0.3) is 17.4 Å². The maximum atomic E-state index is 13.2. The predicted molar refractivity (Wildman–Crippen MR) is 143 cm³/mol. The van der Waals surface area contributed by atoms with Gasteiger partial charge in [0.05, 0.1) is 17.6 Å². The number of aromatic amines is 1. The summed E-state index contributed by atoms with van der Waals surface area (Å²) < 4.78 is 45.6. The molecule has 1 aliphatic heterocycles. The lowest BCUT2D eigenvalue weighted by Crippen LogP contribution is -2.41. The summed E-state index contributed by atoms with van der Waals surface area (Å²) in [4.78, 5) is 46.8. The van der Waals surface area contributed by atoms with Gasteiger partial charge in [0.2, 0.25) is 5.62 Å². The van der Waals surface area contributed by atoms with Crippen LogP contribution in [0.2, 0.25) is 0 Å². The number of imidazole rings is 1. The van der Waals surface area contributed by atoms with Crippen LogP contribution in [0.4, 0.5) is 18.9 Å². The van der Waals surface area contributed by atoms with Crippen molar-refractivity contribution in [3.63, 3.8) is 0 Å². The predicted octanol–water partition coefficient (Wildman–Crippen LogP) is 2.85. The summed E-state index contributed by atoms with van der Waals surface area (Å²) in [5, 5.41) is 9.41. The number of aromatic nitrogens is 3. The molecule has 1 fully saturated rings. The van der Waals surface area contributed by atoms with E-state index < -0.39 is 24.2 Å². The van der Waals surface area contributed by atoms with Gasteiger partial charge in [-0.3, -0.25) is 14.4 Å². The number of morpholine rings is 1. The number of hydrogen-bond donors (Lipinski definition) is 2.